The number of hydrogen-bond donors (Lipinski definition) is 1. The third-order valence-electron chi connectivity index (χ3n) is 4.46. The van der Waals surface area contributed by atoms with Gasteiger partial charge < -0.3 is 14.8 Å². The summed E-state index contributed by atoms with van der Waals surface area (Å²) in [7, 11) is 0. The second-order valence-electron chi connectivity index (χ2n) is 6.75. The highest BCUT2D eigenvalue weighted by Crippen LogP contribution is 2.36. The Bertz CT molecular complexity index is 1240. The number of benzene rings is 3. The number of nitrogens with one attached hydrogen (secondary N) is 1. The smallest absolute Gasteiger partial charge is 0.266 e. The lowest BCUT2D eigenvalue weighted by Gasteiger charge is -2.15. The number of halogens is 3. The van der Waals surface area contributed by atoms with Crippen molar-refractivity contribution in [3.8, 4) is 17.6 Å². The normalized spacial score (nSPS) is 10.9. The van der Waals surface area contributed by atoms with Crippen LogP contribution in [-0.2, 0) is 11.4 Å². The Morgan fingerprint density at radius 3 is 2.45 bits per heavy atom. The minimum atomic E-state index is -0.558. The third-order valence-corrected chi connectivity index (χ3v) is 5.96. The molecular formula is C25H19Cl2IN2O3. The lowest BCUT2D eigenvalue weighted by atomic mass is 10.1. The molecule has 3 aromatic carbocycles. The summed E-state index contributed by atoms with van der Waals surface area (Å²) >= 11 is 14.5. The van der Waals surface area contributed by atoms with Gasteiger partial charge in [-0.25, -0.2) is 0 Å². The molecule has 3 rings (SSSR count). The molecule has 1 N–H and O–H groups in total. The number of anilines is 1. The summed E-state index contributed by atoms with van der Waals surface area (Å²) in [5.74, 6) is 0.512. The predicted molar refractivity (Wildman–Crippen MR) is 140 cm³/mol. The van der Waals surface area contributed by atoms with Crippen LogP contribution in [0.2, 0.25) is 10.0 Å². The zero-order chi connectivity index (χ0) is 23.8. The molecule has 0 atom stereocenters. The second-order valence-corrected chi connectivity index (χ2v) is 8.72. The van der Waals surface area contributed by atoms with E-state index in [9.17, 15) is 10.1 Å². The lowest BCUT2D eigenvalue weighted by molar-refractivity contribution is -0.112. The van der Waals surface area contributed by atoms with E-state index in [1.807, 2.05) is 37.3 Å². The van der Waals surface area contributed by atoms with Crippen molar-refractivity contribution < 1.29 is 14.3 Å². The van der Waals surface area contributed by atoms with Crippen LogP contribution in [0.15, 0.2) is 66.2 Å². The number of nitrogens with zero attached hydrogens (tertiary/aromatic N) is 1. The van der Waals surface area contributed by atoms with Crippen molar-refractivity contribution in [2.75, 3.05) is 11.9 Å². The fourth-order valence-electron chi connectivity index (χ4n) is 2.91. The van der Waals surface area contributed by atoms with Crippen molar-refractivity contribution in [3.63, 3.8) is 0 Å². The van der Waals surface area contributed by atoms with E-state index in [1.54, 1.807) is 36.4 Å². The van der Waals surface area contributed by atoms with Crippen LogP contribution >= 0.6 is 45.8 Å². The van der Waals surface area contributed by atoms with Crippen LogP contribution in [0.5, 0.6) is 11.5 Å². The number of rotatable bonds is 8. The number of carbonyl (C=O) groups excluding carboxylic acids is 1. The van der Waals surface area contributed by atoms with E-state index >= 15 is 0 Å². The van der Waals surface area contributed by atoms with Gasteiger partial charge in [-0.3, -0.25) is 4.79 Å². The molecule has 0 spiro atoms. The molecule has 168 valence electrons. The molecule has 0 radical (unpaired) electrons. The van der Waals surface area contributed by atoms with Crippen molar-refractivity contribution in [1.82, 2.24) is 0 Å². The van der Waals surface area contributed by atoms with Gasteiger partial charge in [0.05, 0.1) is 20.9 Å². The van der Waals surface area contributed by atoms with E-state index in [4.69, 9.17) is 32.7 Å². The molecule has 0 aromatic heterocycles. The molecule has 0 aliphatic rings. The molecule has 0 saturated carbocycles. The van der Waals surface area contributed by atoms with E-state index < -0.39 is 5.91 Å². The Morgan fingerprint density at radius 2 is 1.79 bits per heavy atom. The second kappa shape index (κ2) is 11.9. The first-order valence-electron chi connectivity index (χ1n) is 9.93. The molecule has 33 heavy (non-hydrogen) atoms. The number of amides is 1. The van der Waals surface area contributed by atoms with Crippen molar-refractivity contribution in [1.29, 1.82) is 5.26 Å². The van der Waals surface area contributed by atoms with Crippen molar-refractivity contribution in [3.05, 3.63) is 91.0 Å². The zero-order valence-corrected chi connectivity index (χ0v) is 21.2. The summed E-state index contributed by atoms with van der Waals surface area (Å²) in [6.45, 7) is 2.56. The quantitative estimate of drug-likeness (QED) is 0.172. The monoisotopic (exact) mass is 592 g/mol. The molecule has 1 amide bonds. The summed E-state index contributed by atoms with van der Waals surface area (Å²) in [5, 5.41) is 13.2. The molecule has 8 heteroatoms. The zero-order valence-electron chi connectivity index (χ0n) is 17.6. The summed E-state index contributed by atoms with van der Waals surface area (Å²) in [5.41, 5.74) is 1.83. The molecule has 0 aliphatic carbocycles. The molecule has 0 aliphatic heterocycles. The van der Waals surface area contributed by atoms with Gasteiger partial charge in [0.2, 0.25) is 0 Å². The van der Waals surface area contributed by atoms with Gasteiger partial charge in [0.25, 0.3) is 5.91 Å². The highest BCUT2D eigenvalue weighted by molar-refractivity contribution is 14.1. The van der Waals surface area contributed by atoms with Crippen molar-refractivity contribution >= 4 is 63.5 Å². The lowest BCUT2D eigenvalue weighted by Crippen LogP contribution is -2.13. The number of hydrogen-bond acceptors (Lipinski definition) is 4. The standard InChI is InChI=1S/C25H19Cl2IN2O3/c1-2-32-23-13-16(11-18(14-29)25(31)30-22-10-6-5-9-20(22)27)12-21(28)24(23)33-15-17-7-3-4-8-19(17)26/h3-13H,2,15H2,1H3,(H,30,31)/b18-11-. The van der Waals surface area contributed by atoms with Gasteiger partial charge in [-0.2, -0.15) is 5.26 Å². The van der Waals surface area contributed by atoms with Crippen LogP contribution in [-0.4, -0.2) is 12.5 Å². The average Bonchev–Trinajstić information content (AvgIpc) is 2.79. The van der Waals surface area contributed by atoms with Gasteiger partial charge in [-0.15, -0.1) is 0 Å². The Morgan fingerprint density at radius 1 is 1.09 bits per heavy atom. The fraction of sp³-hybridized carbons (Fsp3) is 0.120. The van der Waals surface area contributed by atoms with Crippen LogP contribution in [0.25, 0.3) is 6.08 Å². The molecule has 5 nitrogen and oxygen atoms in total. The van der Waals surface area contributed by atoms with Crippen LogP contribution in [0, 0.1) is 14.9 Å². The number of para-hydroxylation sites is 1. The van der Waals surface area contributed by atoms with E-state index in [1.165, 1.54) is 6.08 Å². The van der Waals surface area contributed by atoms with Gasteiger partial charge in [-0.1, -0.05) is 53.5 Å². The SMILES string of the molecule is CCOc1cc(/C=C(/C#N)C(=O)Nc2ccccc2Cl)cc(I)c1OCc1ccccc1Cl. The minimum absolute atomic E-state index is 0.0714. The summed E-state index contributed by atoms with van der Waals surface area (Å²) in [6.07, 6.45) is 1.49. The number of nitriles is 1. The van der Waals surface area contributed by atoms with Crippen LogP contribution in [0.4, 0.5) is 5.69 Å². The molecule has 0 heterocycles. The van der Waals surface area contributed by atoms with E-state index in [0.717, 1.165) is 9.13 Å². The summed E-state index contributed by atoms with van der Waals surface area (Å²) in [6, 6.07) is 19.8. The largest absolute Gasteiger partial charge is 0.490 e. The maximum atomic E-state index is 12.6. The Balaban J connectivity index is 1.87. The van der Waals surface area contributed by atoms with Crippen LogP contribution in [0.1, 0.15) is 18.1 Å². The number of carbonyl (C=O) groups is 1. The van der Waals surface area contributed by atoms with Gasteiger partial charge in [0.1, 0.15) is 18.2 Å². The molecule has 0 unspecified atom stereocenters. The van der Waals surface area contributed by atoms with Crippen LogP contribution < -0.4 is 14.8 Å². The van der Waals surface area contributed by atoms with E-state index in [-0.39, 0.29) is 12.2 Å². The minimum Gasteiger partial charge on any atom is -0.490 e. The topological polar surface area (TPSA) is 71.3 Å². The van der Waals surface area contributed by atoms with Crippen molar-refractivity contribution in [2.24, 2.45) is 0 Å². The van der Waals surface area contributed by atoms with Gasteiger partial charge in [0, 0.05) is 10.6 Å². The number of ether oxygens (including phenoxy) is 2. The van der Waals surface area contributed by atoms with Gasteiger partial charge in [0.15, 0.2) is 11.5 Å². The Kier molecular flexibility index (Phi) is 9.01. The fourth-order valence-corrected chi connectivity index (χ4v) is 4.06. The summed E-state index contributed by atoms with van der Waals surface area (Å²) < 4.78 is 12.6. The maximum Gasteiger partial charge on any atom is 0.266 e. The van der Waals surface area contributed by atoms with Crippen molar-refractivity contribution in [2.45, 2.75) is 13.5 Å². The maximum absolute atomic E-state index is 12.6. The predicted octanol–water partition coefficient (Wildman–Crippen LogP) is 7.12. The van der Waals surface area contributed by atoms with Crippen LogP contribution in [0.3, 0.4) is 0 Å². The molecule has 0 bridgehead atoms. The molecule has 0 fully saturated rings. The first kappa shape index (κ1) is 24.9. The van der Waals surface area contributed by atoms with E-state index in [2.05, 4.69) is 27.9 Å². The first-order valence-corrected chi connectivity index (χ1v) is 11.8. The van der Waals surface area contributed by atoms with E-state index in [0.29, 0.717) is 39.4 Å². The third kappa shape index (κ3) is 6.64. The molecular weight excluding hydrogens is 574 g/mol. The molecule has 3 aromatic rings. The Labute approximate surface area is 216 Å². The average molecular weight is 593 g/mol. The first-order chi connectivity index (χ1) is 15.9. The molecule has 0 saturated heterocycles. The summed E-state index contributed by atoms with van der Waals surface area (Å²) in [4.78, 5) is 12.6. The van der Waals surface area contributed by atoms with Gasteiger partial charge in [-0.05, 0) is 71.5 Å². The highest BCUT2D eigenvalue weighted by atomic mass is 127. The highest BCUT2D eigenvalue weighted by Gasteiger charge is 2.15. The van der Waals surface area contributed by atoms with Gasteiger partial charge >= 0.3 is 0 Å². The Hall–Kier alpha value is -2.73.